The van der Waals surface area contributed by atoms with Crippen molar-refractivity contribution in [1.29, 1.82) is 0 Å². The van der Waals surface area contributed by atoms with Crippen molar-refractivity contribution in [2.24, 2.45) is 0 Å². The maximum absolute atomic E-state index is 11.5. The molecule has 5 heteroatoms. The summed E-state index contributed by atoms with van der Waals surface area (Å²) in [6, 6.07) is 0. The van der Waals surface area contributed by atoms with Crippen LogP contribution in [-0.2, 0) is 0 Å². The van der Waals surface area contributed by atoms with Gasteiger partial charge in [-0.2, -0.15) is 5.10 Å². The lowest BCUT2D eigenvalue weighted by Gasteiger charge is -2.19. The zero-order valence-corrected chi connectivity index (χ0v) is 8.01. The van der Waals surface area contributed by atoms with Crippen LogP contribution in [0.5, 0.6) is 0 Å². The molecule has 0 saturated carbocycles. The average molecular weight is 182 g/mol. The van der Waals surface area contributed by atoms with Crippen molar-refractivity contribution in [1.82, 2.24) is 15.5 Å². The van der Waals surface area contributed by atoms with Crippen LogP contribution in [0.25, 0.3) is 0 Å². The monoisotopic (exact) mass is 182 g/mol. The van der Waals surface area contributed by atoms with E-state index >= 15 is 0 Å². The van der Waals surface area contributed by atoms with Gasteiger partial charge in [-0.15, -0.1) is 0 Å². The summed E-state index contributed by atoms with van der Waals surface area (Å²) in [5, 5.41) is 8.97. The summed E-state index contributed by atoms with van der Waals surface area (Å²) in [5.74, 6) is -0.234. The Morgan fingerprint density at radius 3 is 2.62 bits per heavy atom. The number of nitrogens with zero attached hydrogens (tertiary/aromatic N) is 1. The number of carbonyl (C=O) groups excluding carboxylic acids is 1. The van der Waals surface area contributed by atoms with Crippen molar-refractivity contribution < 1.29 is 4.79 Å². The molecule has 1 rings (SSSR count). The summed E-state index contributed by atoms with van der Waals surface area (Å²) in [6.45, 7) is 5.70. The summed E-state index contributed by atoms with van der Waals surface area (Å²) in [5.41, 5.74) is 5.91. The fraction of sp³-hybridized carbons (Fsp3) is 0.500. The van der Waals surface area contributed by atoms with Gasteiger partial charge in [-0.3, -0.25) is 9.89 Å². The molecule has 1 aromatic heterocycles. The molecular weight excluding hydrogens is 168 g/mol. The molecule has 0 aromatic carbocycles. The van der Waals surface area contributed by atoms with Crippen LogP contribution in [0.15, 0.2) is 6.20 Å². The Labute approximate surface area is 76.7 Å². The first-order valence-corrected chi connectivity index (χ1v) is 4.01. The number of rotatable bonds is 1. The molecule has 0 radical (unpaired) electrons. The summed E-state index contributed by atoms with van der Waals surface area (Å²) >= 11 is 0. The Hall–Kier alpha value is -1.52. The lowest BCUT2D eigenvalue weighted by atomic mass is 10.1. The molecule has 0 aliphatic rings. The zero-order valence-electron chi connectivity index (χ0n) is 8.01. The van der Waals surface area contributed by atoms with Crippen molar-refractivity contribution in [3.8, 4) is 0 Å². The van der Waals surface area contributed by atoms with Gasteiger partial charge < -0.3 is 11.1 Å². The van der Waals surface area contributed by atoms with E-state index in [0.717, 1.165) is 0 Å². The number of nitrogens with two attached hydrogens (primary N) is 1. The van der Waals surface area contributed by atoms with Gasteiger partial charge >= 0.3 is 0 Å². The number of hydrogen-bond donors (Lipinski definition) is 3. The van der Waals surface area contributed by atoms with Crippen molar-refractivity contribution >= 4 is 11.6 Å². The Morgan fingerprint density at radius 1 is 1.62 bits per heavy atom. The van der Waals surface area contributed by atoms with Gasteiger partial charge in [0, 0.05) is 5.54 Å². The van der Waals surface area contributed by atoms with E-state index in [9.17, 15) is 4.79 Å². The maximum atomic E-state index is 11.5. The molecule has 0 spiro atoms. The fourth-order valence-corrected chi connectivity index (χ4v) is 0.880. The summed E-state index contributed by atoms with van der Waals surface area (Å²) in [4.78, 5) is 11.5. The van der Waals surface area contributed by atoms with Gasteiger partial charge in [-0.05, 0) is 20.8 Å². The Morgan fingerprint density at radius 2 is 2.23 bits per heavy atom. The van der Waals surface area contributed by atoms with Crippen molar-refractivity contribution in [3.63, 3.8) is 0 Å². The standard InChI is InChI=1S/C8H14N4O/c1-8(2,3)11-7(13)6-5(9)4-10-12-6/h4H,9H2,1-3H3,(H,10,12)(H,11,13). The van der Waals surface area contributed by atoms with E-state index in [1.165, 1.54) is 6.20 Å². The first kappa shape index (κ1) is 9.57. The second-order valence-corrected chi connectivity index (χ2v) is 3.90. The highest BCUT2D eigenvalue weighted by molar-refractivity contribution is 5.97. The van der Waals surface area contributed by atoms with Crippen molar-refractivity contribution in [3.05, 3.63) is 11.9 Å². The second-order valence-electron chi connectivity index (χ2n) is 3.90. The quantitative estimate of drug-likeness (QED) is 0.592. The molecule has 0 saturated heterocycles. The molecule has 0 aliphatic heterocycles. The largest absolute Gasteiger partial charge is 0.396 e. The Bertz CT molecular complexity index is 310. The lowest BCUT2D eigenvalue weighted by molar-refractivity contribution is 0.0915. The number of hydrogen-bond acceptors (Lipinski definition) is 3. The number of aromatic nitrogens is 2. The van der Waals surface area contributed by atoms with Gasteiger partial charge in [0.25, 0.3) is 5.91 Å². The normalized spacial score (nSPS) is 11.3. The molecular formula is C8H14N4O. The number of H-pyrrole nitrogens is 1. The molecule has 0 fully saturated rings. The molecule has 1 aromatic rings. The minimum Gasteiger partial charge on any atom is -0.396 e. The highest BCUT2D eigenvalue weighted by atomic mass is 16.2. The molecule has 1 heterocycles. The van der Waals surface area contributed by atoms with Gasteiger partial charge in [0.1, 0.15) is 5.69 Å². The lowest BCUT2D eigenvalue weighted by Crippen LogP contribution is -2.41. The number of nitrogen functional groups attached to an aromatic ring is 1. The minimum atomic E-state index is -0.269. The van der Waals surface area contributed by atoms with Gasteiger partial charge in [0.2, 0.25) is 0 Å². The summed E-state index contributed by atoms with van der Waals surface area (Å²) in [7, 11) is 0. The van der Waals surface area contributed by atoms with Crippen LogP contribution in [0.4, 0.5) is 5.69 Å². The van der Waals surface area contributed by atoms with E-state index < -0.39 is 0 Å². The van der Waals surface area contributed by atoms with Crippen LogP contribution in [0.1, 0.15) is 31.3 Å². The topological polar surface area (TPSA) is 83.8 Å². The third-order valence-electron chi connectivity index (χ3n) is 1.38. The molecule has 5 nitrogen and oxygen atoms in total. The van der Waals surface area contributed by atoms with Crippen LogP contribution in [0.2, 0.25) is 0 Å². The molecule has 0 unspecified atom stereocenters. The number of aromatic amines is 1. The van der Waals surface area contributed by atoms with E-state index in [0.29, 0.717) is 11.4 Å². The summed E-state index contributed by atoms with van der Waals surface area (Å²) < 4.78 is 0. The highest BCUT2D eigenvalue weighted by Gasteiger charge is 2.18. The molecule has 4 N–H and O–H groups in total. The van der Waals surface area contributed by atoms with E-state index in [1.54, 1.807) is 0 Å². The number of carbonyl (C=O) groups is 1. The third kappa shape index (κ3) is 2.47. The smallest absolute Gasteiger partial charge is 0.271 e. The predicted octanol–water partition coefficient (Wildman–Crippen LogP) is 0.520. The van der Waals surface area contributed by atoms with E-state index in [4.69, 9.17) is 5.73 Å². The van der Waals surface area contributed by atoms with E-state index in [1.807, 2.05) is 20.8 Å². The van der Waals surface area contributed by atoms with Crippen molar-refractivity contribution in [2.75, 3.05) is 5.73 Å². The van der Waals surface area contributed by atoms with Crippen LogP contribution in [0, 0.1) is 0 Å². The Kier molecular flexibility index (Phi) is 2.27. The number of amides is 1. The van der Waals surface area contributed by atoms with E-state index in [2.05, 4.69) is 15.5 Å². The molecule has 72 valence electrons. The second kappa shape index (κ2) is 3.08. The molecule has 0 aliphatic carbocycles. The fourth-order valence-electron chi connectivity index (χ4n) is 0.880. The maximum Gasteiger partial charge on any atom is 0.271 e. The molecule has 1 amide bonds. The molecule has 13 heavy (non-hydrogen) atoms. The molecule has 0 bridgehead atoms. The van der Waals surface area contributed by atoms with E-state index in [-0.39, 0.29) is 11.4 Å². The Balaban J connectivity index is 2.76. The molecule has 0 atom stereocenters. The van der Waals surface area contributed by atoms with Gasteiger partial charge in [0.15, 0.2) is 0 Å². The first-order chi connectivity index (χ1) is 5.90. The van der Waals surface area contributed by atoms with Crippen LogP contribution in [0.3, 0.4) is 0 Å². The minimum absolute atomic E-state index is 0.234. The van der Waals surface area contributed by atoms with Crippen LogP contribution >= 0.6 is 0 Å². The zero-order chi connectivity index (χ0) is 10.1. The summed E-state index contributed by atoms with van der Waals surface area (Å²) in [6.07, 6.45) is 1.41. The van der Waals surface area contributed by atoms with Crippen LogP contribution < -0.4 is 11.1 Å². The van der Waals surface area contributed by atoms with Gasteiger partial charge in [-0.25, -0.2) is 0 Å². The predicted molar refractivity (Wildman–Crippen MR) is 50.2 cm³/mol. The average Bonchev–Trinajstić information content (AvgIpc) is 2.30. The number of anilines is 1. The van der Waals surface area contributed by atoms with Crippen molar-refractivity contribution in [2.45, 2.75) is 26.3 Å². The van der Waals surface area contributed by atoms with Crippen LogP contribution in [-0.4, -0.2) is 21.6 Å². The highest BCUT2D eigenvalue weighted by Crippen LogP contribution is 2.08. The third-order valence-corrected chi connectivity index (χ3v) is 1.38. The van der Waals surface area contributed by atoms with Gasteiger partial charge in [-0.1, -0.05) is 0 Å². The number of nitrogens with one attached hydrogen (secondary N) is 2. The first-order valence-electron chi connectivity index (χ1n) is 4.01. The van der Waals surface area contributed by atoms with Gasteiger partial charge in [0.05, 0.1) is 11.9 Å². The SMILES string of the molecule is CC(C)(C)NC(=O)c1[nH]ncc1N.